The maximum atomic E-state index is 11.1. The third-order valence-electron chi connectivity index (χ3n) is 2.53. The van der Waals surface area contributed by atoms with Gasteiger partial charge in [-0.1, -0.05) is 18.2 Å². The molecule has 1 atom stereocenters. The molecule has 1 rings (SSSR count). The maximum absolute atomic E-state index is 11.1. The van der Waals surface area contributed by atoms with E-state index in [-0.39, 0.29) is 5.97 Å². The second-order valence-corrected chi connectivity index (χ2v) is 3.75. The van der Waals surface area contributed by atoms with Gasteiger partial charge in [-0.2, -0.15) is 0 Å². The quantitative estimate of drug-likeness (QED) is 0.761. The van der Waals surface area contributed by atoms with Crippen molar-refractivity contribution in [2.75, 3.05) is 7.11 Å². The van der Waals surface area contributed by atoms with Gasteiger partial charge in [0.1, 0.15) is 6.04 Å². The van der Waals surface area contributed by atoms with Gasteiger partial charge in [0.15, 0.2) is 0 Å². The van der Waals surface area contributed by atoms with Crippen molar-refractivity contribution in [1.82, 2.24) is 0 Å². The van der Waals surface area contributed by atoms with Crippen LogP contribution in [0.1, 0.15) is 16.7 Å². The molecule has 0 aliphatic carbocycles. The fourth-order valence-corrected chi connectivity index (χ4v) is 1.42. The van der Waals surface area contributed by atoms with Crippen molar-refractivity contribution in [2.45, 2.75) is 26.3 Å². The summed E-state index contributed by atoms with van der Waals surface area (Å²) in [5.74, 6) is -0.367. The minimum Gasteiger partial charge on any atom is -0.468 e. The average Bonchev–Trinajstić information content (AvgIpc) is 2.22. The largest absolute Gasteiger partial charge is 0.468 e. The van der Waals surface area contributed by atoms with E-state index in [1.165, 1.54) is 18.2 Å². The van der Waals surface area contributed by atoms with Gasteiger partial charge in [0.2, 0.25) is 0 Å². The highest BCUT2D eigenvalue weighted by molar-refractivity contribution is 5.75. The number of ether oxygens (including phenoxy) is 1. The van der Waals surface area contributed by atoms with Crippen LogP contribution in [-0.2, 0) is 16.0 Å². The number of rotatable bonds is 3. The molecule has 1 aromatic rings. The summed E-state index contributed by atoms with van der Waals surface area (Å²) in [7, 11) is 1.35. The molecule has 0 heterocycles. The Bertz CT molecular complexity index is 361. The fourth-order valence-electron chi connectivity index (χ4n) is 1.42. The summed E-state index contributed by atoms with van der Waals surface area (Å²) < 4.78 is 4.57. The topological polar surface area (TPSA) is 52.3 Å². The van der Waals surface area contributed by atoms with Crippen LogP contribution in [-0.4, -0.2) is 19.1 Å². The molecule has 1 aromatic carbocycles. The molecular weight excluding hydrogens is 190 g/mol. The first kappa shape index (κ1) is 11.7. The Morgan fingerprint density at radius 1 is 1.40 bits per heavy atom. The van der Waals surface area contributed by atoms with Crippen molar-refractivity contribution >= 4 is 5.97 Å². The first-order valence-electron chi connectivity index (χ1n) is 4.94. The van der Waals surface area contributed by atoms with E-state index in [1.54, 1.807) is 0 Å². The number of benzene rings is 1. The summed E-state index contributed by atoms with van der Waals surface area (Å²) in [4.78, 5) is 11.1. The summed E-state index contributed by atoms with van der Waals surface area (Å²) in [6.07, 6.45) is 0.522. The van der Waals surface area contributed by atoms with Gasteiger partial charge >= 0.3 is 5.97 Å². The molecule has 0 bridgehead atoms. The molecule has 0 spiro atoms. The highest BCUT2D eigenvalue weighted by atomic mass is 16.5. The van der Waals surface area contributed by atoms with Crippen molar-refractivity contribution in [3.63, 3.8) is 0 Å². The Hall–Kier alpha value is -1.35. The van der Waals surface area contributed by atoms with Gasteiger partial charge in [-0.25, -0.2) is 0 Å². The number of hydrogen-bond donors (Lipinski definition) is 1. The number of carbonyl (C=O) groups is 1. The molecule has 0 radical (unpaired) electrons. The number of hydrogen-bond acceptors (Lipinski definition) is 3. The van der Waals surface area contributed by atoms with E-state index in [0.29, 0.717) is 6.42 Å². The predicted molar refractivity (Wildman–Crippen MR) is 59.6 cm³/mol. The van der Waals surface area contributed by atoms with Crippen molar-refractivity contribution < 1.29 is 9.53 Å². The summed E-state index contributed by atoms with van der Waals surface area (Å²) in [5, 5.41) is 0. The van der Waals surface area contributed by atoms with Crippen LogP contribution >= 0.6 is 0 Å². The second kappa shape index (κ2) is 4.94. The van der Waals surface area contributed by atoms with Crippen LogP contribution < -0.4 is 5.73 Å². The van der Waals surface area contributed by atoms with E-state index in [0.717, 1.165) is 5.56 Å². The lowest BCUT2D eigenvalue weighted by atomic mass is 10.0. The number of carbonyl (C=O) groups excluding carboxylic acids is 1. The Morgan fingerprint density at radius 2 is 2.07 bits per heavy atom. The number of nitrogens with two attached hydrogens (primary N) is 1. The van der Waals surface area contributed by atoms with Crippen LogP contribution in [0.3, 0.4) is 0 Å². The lowest BCUT2D eigenvalue weighted by molar-refractivity contribution is -0.142. The monoisotopic (exact) mass is 207 g/mol. The van der Waals surface area contributed by atoms with Gasteiger partial charge in [0.05, 0.1) is 7.11 Å². The van der Waals surface area contributed by atoms with Gasteiger partial charge in [-0.15, -0.1) is 0 Å². The van der Waals surface area contributed by atoms with Crippen molar-refractivity contribution in [1.29, 1.82) is 0 Å². The molecule has 0 fully saturated rings. The molecule has 3 nitrogen and oxygen atoms in total. The molecule has 15 heavy (non-hydrogen) atoms. The minimum atomic E-state index is -0.572. The van der Waals surface area contributed by atoms with E-state index < -0.39 is 6.04 Å². The number of esters is 1. The SMILES string of the molecule is COC(=O)[C@@H](N)Cc1ccc(C)c(C)c1. The third-order valence-corrected chi connectivity index (χ3v) is 2.53. The first-order valence-corrected chi connectivity index (χ1v) is 4.94. The van der Waals surface area contributed by atoms with E-state index in [2.05, 4.69) is 17.7 Å². The molecule has 0 unspecified atom stereocenters. The zero-order valence-electron chi connectivity index (χ0n) is 9.41. The second-order valence-electron chi connectivity index (χ2n) is 3.75. The van der Waals surface area contributed by atoms with Gasteiger partial charge in [-0.3, -0.25) is 4.79 Å². The molecule has 0 aliphatic rings. The highest BCUT2D eigenvalue weighted by Gasteiger charge is 2.14. The number of methoxy groups -OCH3 is 1. The van der Waals surface area contributed by atoms with E-state index in [9.17, 15) is 4.79 Å². The summed E-state index contributed by atoms with van der Waals surface area (Å²) in [5.41, 5.74) is 9.19. The lowest BCUT2D eigenvalue weighted by Gasteiger charge is -2.10. The lowest BCUT2D eigenvalue weighted by Crippen LogP contribution is -2.33. The Kier molecular flexibility index (Phi) is 3.86. The standard InChI is InChI=1S/C12H17NO2/c1-8-4-5-10(6-9(8)2)7-11(13)12(14)15-3/h4-6,11H,7,13H2,1-3H3/t11-/m0/s1. The van der Waals surface area contributed by atoms with Crippen molar-refractivity contribution in [3.8, 4) is 0 Å². The third kappa shape index (κ3) is 3.06. The van der Waals surface area contributed by atoms with E-state index in [1.807, 2.05) is 19.1 Å². The van der Waals surface area contributed by atoms with Crippen LogP contribution in [0.4, 0.5) is 0 Å². The summed E-state index contributed by atoms with van der Waals surface area (Å²) in [6.45, 7) is 4.10. The molecule has 82 valence electrons. The van der Waals surface area contributed by atoms with Crippen LogP contribution in [0.5, 0.6) is 0 Å². The highest BCUT2D eigenvalue weighted by Crippen LogP contribution is 2.11. The maximum Gasteiger partial charge on any atom is 0.322 e. The zero-order chi connectivity index (χ0) is 11.4. The molecule has 3 heteroatoms. The molecule has 0 amide bonds. The molecule has 0 saturated carbocycles. The molecule has 0 aliphatic heterocycles. The van der Waals surface area contributed by atoms with E-state index >= 15 is 0 Å². The molecule has 0 aromatic heterocycles. The van der Waals surface area contributed by atoms with Gasteiger partial charge in [0.25, 0.3) is 0 Å². The fraction of sp³-hybridized carbons (Fsp3) is 0.417. The van der Waals surface area contributed by atoms with Crippen molar-refractivity contribution in [2.24, 2.45) is 5.73 Å². The zero-order valence-corrected chi connectivity index (χ0v) is 9.41. The van der Waals surface area contributed by atoms with Crippen LogP contribution in [0.15, 0.2) is 18.2 Å². The molecular formula is C12H17NO2. The summed E-state index contributed by atoms with van der Waals surface area (Å²) >= 11 is 0. The molecule has 2 N–H and O–H groups in total. The normalized spacial score (nSPS) is 12.3. The Balaban J connectivity index is 2.73. The number of aryl methyl sites for hydroxylation is 2. The van der Waals surface area contributed by atoms with Crippen LogP contribution in [0.2, 0.25) is 0 Å². The van der Waals surface area contributed by atoms with Gasteiger partial charge in [-0.05, 0) is 37.0 Å². The Morgan fingerprint density at radius 3 is 2.60 bits per heavy atom. The Labute approximate surface area is 90.2 Å². The van der Waals surface area contributed by atoms with Crippen LogP contribution in [0, 0.1) is 13.8 Å². The predicted octanol–water partition coefficient (Wildman–Crippen LogP) is 1.35. The van der Waals surface area contributed by atoms with Crippen molar-refractivity contribution in [3.05, 3.63) is 34.9 Å². The van der Waals surface area contributed by atoms with Gasteiger partial charge in [0, 0.05) is 0 Å². The summed E-state index contributed by atoms with van der Waals surface area (Å²) in [6, 6.07) is 5.51. The minimum absolute atomic E-state index is 0.367. The average molecular weight is 207 g/mol. The van der Waals surface area contributed by atoms with Gasteiger partial charge < -0.3 is 10.5 Å². The molecule has 0 saturated heterocycles. The first-order chi connectivity index (χ1) is 7.04. The van der Waals surface area contributed by atoms with Crippen LogP contribution in [0.25, 0.3) is 0 Å². The smallest absolute Gasteiger partial charge is 0.322 e. The van der Waals surface area contributed by atoms with E-state index in [4.69, 9.17) is 5.73 Å².